The fourth-order valence-electron chi connectivity index (χ4n) is 4.87. The van der Waals surface area contributed by atoms with Crippen molar-refractivity contribution in [2.75, 3.05) is 13.1 Å². The number of likely N-dealkylation sites (tertiary alicyclic amines) is 1. The zero-order chi connectivity index (χ0) is 14.6. The van der Waals surface area contributed by atoms with Gasteiger partial charge in [-0.3, -0.25) is 4.90 Å². The predicted octanol–water partition coefficient (Wildman–Crippen LogP) is 4.18. The molecule has 1 saturated carbocycles. The summed E-state index contributed by atoms with van der Waals surface area (Å²) >= 11 is 0. The quantitative estimate of drug-likeness (QED) is 0.837. The van der Waals surface area contributed by atoms with E-state index < -0.39 is 0 Å². The first-order valence-electron chi connectivity index (χ1n) is 9.04. The van der Waals surface area contributed by atoms with E-state index in [0.29, 0.717) is 5.54 Å². The van der Waals surface area contributed by atoms with E-state index in [1.165, 1.54) is 64.3 Å². The first kappa shape index (κ1) is 16.3. The van der Waals surface area contributed by atoms with Crippen LogP contribution in [-0.4, -0.2) is 29.6 Å². The molecule has 2 fully saturated rings. The molecule has 2 nitrogen and oxygen atoms in total. The molecule has 0 spiro atoms. The average Bonchev–Trinajstić information content (AvgIpc) is 2.63. The fraction of sp³-hybridized carbons (Fsp3) is 1.00. The van der Waals surface area contributed by atoms with Crippen molar-refractivity contribution >= 4 is 0 Å². The molecule has 118 valence electrons. The number of hydrogen-bond donors (Lipinski definition) is 1. The molecule has 0 radical (unpaired) electrons. The van der Waals surface area contributed by atoms with Crippen molar-refractivity contribution in [3.05, 3.63) is 0 Å². The molecule has 2 N–H and O–H groups in total. The summed E-state index contributed by atoms with van der Waals surface area (Å²) in [6, 6.07) is 0.735. The highest BCUT2D eigenvalue weighted by molar-refractivity contribution is 4.99. The van der Waals surface area contributed by atoms with Crippen molar-refractivity contribution in [1.29, 1.82) is 0 Å². The monoisotopic (exact) mass is 280 g/mol. The Morgan fingerprint density at radius 2 is 1.95 bits per heavy atom. The lowest BCUT2D eigenvalue weighted by Crippen LogP contribution is -2.59. The van der Waals surface area contributed by atoms with Crippen molar-refractivity contribution in [2.45, 2.75) is 90.1 Å². The zero-order valence-corrected chi connectivity index (χ0v) is 14.0. The summed E-state index contributed by atoms with van der Waals surface area (Å²) < 4.78 is 0. The maximum absolute atomic E-state index is 6.33. The maximum atomic E-state index is 6.33. The van der Waals surface area contributed by atoms with Gasteiger partial charge < -0.3 is 5.73 Å². The third-order valence-corrected chi connectivity index (χ3v) is 5.77. The van der Waals surface area contributed by atoms with Crippen LogP contribution in [0.3, 0.4) is 0 Å². The molecule has 2 rings (SSSR count). The third kappa shape index (κ3) is 3.76. The Kier molecular flexibility index (Phi) is 5.92. The van der Waals surface area contributed by atoms with Gasteiger partial charge in [0.2, 0.25) is 0 Å². The number of nitrogens with zero attached hydrogens (tertiary/aromatic N) is 1. The Morgan fingerprint density at radius 3 is 2.65 bits per heavy atom. The minimum atomic E-state index is 0.321. The van der Waals surface area contributed by atoms with Crippen LogP contribution in [0.1, 0.15) is 78.6 Å². The largest absolute Gasteiger partial charge is 0.329 e. The molecular weight excluding hydrogens is 244 g/mol. The van der Waals surface area contributed by atoms with Crippen molar-refractivity contribution in [2.24, 2.45) is 17.6 Å². The maximum Gasteiger partial charge on any atom is 0.0337 e. The number of nitrogens with two attached hydrogens (primary N) is 1. The summed E-state index contributed by atoms with van der Waals surface area (Å²) in [5.74, 6) is 1.73. The molecular formula is C18H36N2. The van der Waals surface area contributed by atoms with Crippen LogP contribution < -0.4 is 5.73 Å². The van der Waals surface area contributed by atoms with E-state index in [1.54, 1.807) is 0 Å². The summed E-state index contributed by atoms with van der Waals surface area (Å²) in [6.45, 7) is 9.33. The van der Waals surface area contributed by atoms with Crippen LogP contribution in [0.4, 0.5) is 0 Å². The van der Waals surface area contributed by atoms with Crippen LogP contribution in [0, 0.1) is 11.8 Å². The zero-order valence-electron chi connectivity index (χ0n) is 14.0. The van der Waals surface area contributed by atoms with Gasteiger partial charge in [0.1, 0.15) is 0 Å². The Bertz CT molecular complexity index is 289. The van der Waals surface area contributed by atoms with E-state index in [9.17, 15) is 0 Å². The van der Waals surface area contributed by atoms with E-state index in [4.69, 9.17) is 5.73 Å². The van der Waals surface area contributed by atoms with Gasteiger partial charge in [-0.05, 0) is 57.4 Å². The molecule has 20 heavy (non-hydrogen) atoms. The SMILES string of the molecule is CC(C)CC1CCCC(CN)(N2CCCCCC2C)C1. The second-order valence-electron chi connectivity index (χ2n) is 7.91. The van der Waals surface area contributed by atoms with Crippen LogP contribution in [0.2, 0.25) is 0 Å². The Morgan fingerprint density at radius 1 is 1.15 bits per heavy atom. The molecule has 1 heterocycles. The van der Waals surface area contributed by atoms with E-state index >= 15 is 0 Å². The smallest absolute Gasteiger partial charge is 0.0337 e. The van der Waals surface area contributed by atoms with Crippen LogP contribution >= 0.6 is 0 Å². The van der Waals surface area contributed by atoms with Gasteiger partial charge in [-0.25, -0.2) is 0 Å². The van der Waals surface area contributed by atoms with Gasteiger partial charge in [0, 0.05) is 18.1 Å². The second kappa shape index (κ2) is 7.26. The molecule has 0 amide bonds. The summed E-state index contributed by atoms with van der Waals surface area (Å²) in [6.07, 6.45) is 12.5. The van der Waals surface area contributed by atoms with Gasteiger partial charge >= 0.3 is 0 Å². The normalized spacial score (nSPS) is 37.0. The summed E-state index contributed by atoms with van der Waals surface area (Å²) in [5, 5.41) is 0. The number of rotatable bonds is 4. The molecule has 2 aliphatic rings. The molecule has 1 saturated heterocycles. The van der Waals surface area contributed by atoms with Crippen LogP contribution in [-0.2, 0) is 0 Å². The van der Waals surface area contributed by atoms with E-state index in [0.717, 1.165) is 24.4 Å². The lowest BCUT2D eigenvalue weighted by atomic mass is 9.71. The molecule has 1 aliphatic heterocycles. The average molecular weight is 280 g/mol. The van der Waals surface area contributed by atoms with Gasteiger partial charge in [0.05, 0.1) is 0 Å². The van der Waals surface area contributed by atoms with Gasteiger partial charge in [-0.15, -0.1) is 0 Å². The van der Waals surface area contributed by atoms with Crippen molar-refractivity contribution in [3.8, 4) is 0 Å². The molecule has 2 heteroatoms. The number of hydrogen-bond acceptors (Lipinski definition) is 2. The standard InChI is InChI=1S/C18H36N2/c1-15(2)12-17-9-7-10-18(13-17,14-19)20-11-6-4-5-8-16(20)3/h15-17H,4-14,19H2,1-3H3. The van der Waals surface area contributed by atoms with Gasteiger partial charge in [0.15, 0.2) is 0 Å². The van der Waals surface area contributed by atoms with E-state index in [1.807, 2.05) is 0 Å². The second-order valence-corrected chi connectivity index (χ2v) is 7.91. The summed E-state index contributed by atoms with van der Waals surface area (Å²) in [4.78, 5) is 2.83. The highest BCUT2D eigenvalue weighted by atomic mass is 15.2. The predicted molar refractivity (Wildman–Crippen MR) is 87.8 cm³/mol. The topological polar surface area (TPSA) is 29.3 Å². The summed E-state index contributed by atoms with van der Waals surface area (Å²) in [5.41, 5.74) is 6.65. The van der Waals surface area contributed by atoms with Gasteiger partial charge in [0.25, 0.3) is 0 Å². The first-order valence-corrected chi connectivity index (χ1v) is 9.04. The highest BCUT2D eigenvalue weighted by Crippen LogP contribution is 2.41. The minimum Gasteiger partial charge on any atom is -0.329 e. The highest BCUT2D eigenvalue weighted by Gasteiger charge is 2.42. The third-order valence-electron chi connectivity index (χ3n) is 5.77. The molecule has 0 aromatic heterocycles. The Balaban J connectivity index is 2.10. The van der Waals surface area contributed by atoms with E-state index in [2.05, 4.69) is 25.7 Å². The van der Waals surface area contributed by atoms with Crippen molar-refractivity contribution < 1.29 is 0 Å². The first-order chi connectivity index (χ1) is 9.57. The minimum absolute atomic E-state index is 0.321. The Hall–Kier alpha value is -0.0800. The molecule has 0 aromatic carbocycles. The molecule has 1 aliphatic carbocycles. The lowest BCUT2D eigenvalue weighted by molar-refractivity contribution is 0.00560. The molecule has 3 unspecified atom stereocenters. The van der Waals surface area contributed by atoms with E-state index in [-0.39, 0.29) is 0 Å². The fourth-order valence-corrected chi connectivity index (χ4v) is 4.87. The summed E-state index contributed by atoms with van der Waals surface area (Å²) in [7, 11) is 0. The van der Waals surface area contributed by atoms with Crippen LogP contribution in [0.15, 0.2) is 0 Å². The molecule has 0 bridgehead atoms. The lowest BCUT2D eigenvalue weighted by Gasteiger charge is -2.50. The Labute approximate surface area is 126 Å². The molecule has 3 atom stereocenters. The van der Waals surface area contributed by atoms with Gasteiger partial charge in [-0.1, -0.05) is 39.5 Å². The van der Waals surface area contributed by atoms with Crippen molar-refractivity contribution in [3.63, 3.8) is 0 Å². The van der Waals surface area contributed by atoms with Crippen LogP contribution in [0.5, 0.6) is 0 Å². The van der Waals surface area contributed by atoms with Crippen LogP contribution in [0.25, 0.3) is 0 Å². The molecule has 0 aromatic rings. The van der Waals surface area contributed by atoms with Gasteiger partial charge in [-0.2, -0.15) is 0 Å². The van der Waals surface area contributed by atoms with Crippen molar-refractivity contribution in [1.82, 2.24) is 4.90 Å².